The predicted octanol–water partition coefficient (Wildman–Crippen LogP) is 4.00. The Morgan fingerprint density at radius 2 is 1.88 bits per heavy atom. The highest BCUT2D eigenvalue weighted by atomic mass is 32.2. The molecule has 0 unspecified atom stereocenters. The van der Waals surface area contributed by atoms with Gasteiger partial charge >= 0.3 is 0 Å². The Morgan fingerprint density at radius 1 is 1.12 bits per heavy atom. The summed E-state index contributed by atoms with van der Waals surface area (Å²) >= 11 is 0. The van der Waals surface area contributed by atoms with Crippen LogP contribution < -0.4 is 10.3 Å². The number of aryl methyl sites for hydroxylation is 2. The molecule has 0 fully saturated rings. The Kier molecular flexibility index (Phi) is 6.50. The topological polar surface area (TPSA) is 68.2 Å². The van der Waals surface area contributed by atoms with Crippen molar-refractivity contribution in [2.45, 2.75) is 44.7 Å². The number of aromatic nitrogens is 1. The van der Waals surface area contributed by atoms with E-state index in [-0.39, 0.29) is 17.5 Å². The van der Waals surface area contributed by atoms with Crippen LogP contribution in [-0.2, 0) is 29.4 Å². The van der Waals surface area contributed by atoms with Crippen LogP contribution in [0.3, 0.4) is 0 Å². The number of benzene rings is 2. The van der Waals surface area contributed by atoms with Crippen LogP contribution >= 0.6 is 0 Å². The van der Waals surface area contributed by atoms with Crippen LogP contribution in [0, 0.1) is 11.6 Å². The second-order valence-corrected chi connectivity index (χ2v) is 10.3. The zero-order chi connectivity index (χ0) is 23.8. The summed E-state index contributed by atoms with van der Waals surface area (Å²) in [5.41, 5.74) is 2.24. The van der Waals surface area contributed by atoms with E-state index >= 15 is 4.39 Å². The van der Waals surface area contributed by atoms with Crippen LogP contribution in [0.4, 0.5) is 8.78 Å². The SMILES string of the molecule is CCn1ccc2c(c1=O)[C@@H](Cc1cccc(-c3cccc(F)c3)c1F)[C@@H](NS(C)(=O)=O)CC2. The fraction of sp³-hybridized carbons (Fsp3) is 0.320. The number of pyridine rings is 1. The molecule has 2 aromatic carbocycles. The molecule has 2 atom stereocenters. The van der Waals surface area contributed by atoms with Gasteiger partial charge in [-0.25, -0.2) is 21.9 Å². The third kappa shape index (κ3) is 4.91. The number of hydrogen-bond acceptors (Lipinski definition) is 3. The van der Waals surface area contributed by atoms with E-state index in [9.17, 15) is 17.6 Å². The molecule has 1 aliphatic carbocycles. The summed E-state index contributed by atoms with van der Waals surface area (Å²) in [5, 5.41) is 0. The van der Waals surface area contributed by atoms with Crippen molar-refractivity contribution in [1.29, 1.82) is 0 Å². The summed E-state index contributed by atoms with van der Waals surface area (Å²) in [6.07, 6.45) is 4.03. The summed E-state index contributed by atoms with van der Waals surface area (Å²) < 4.78 is 57.7. The highest BCUT2D eigenvalue weighted by molar-refractivity contribution is 7.88. The normalized spacial score (nSPS) is 18.2. The Bertz CT molecular complexity index is 1350. The van der Waals surface area contributed by atoms with Gasteiger partial charge in [-0.2, -0.15) is 0 Å². The lowest BCUT2D eigenvalue weighted by Gasteiger charge is -2.34. The van der Waals surface area contributed by atoms with E-state index < -0.39 is 33.6 Å². The predicted molar refractivity (Wildman–Crippen MR) is 125 cm³/mol. The molecule has 0 amide bonds. The minimum absolute atomic E-state index is 0.137. The van der Waals surface area contributed by atoms with Gasteiger partial charge in [-0.1, -0.05) is 30.3 Å². The standard InChI is InChI=1S/C25H26F2N2O3S/c1-3-29-13-12-16-10-11-22(28-33(2,31)32)21(23(16)25(29)30)15-18-7-5-9-20(24(18)27)17-6-4-8-19(26)14-17/h4-9,12-14,21-22,28H,3,10-11,15H2,1-2H3/t21-,22-/m0/s1. The van der Waals surface area contributed by atoms with E-state index in [1.54, 1.807) is 35.0 Å². The zero-order valence-corrected chi connectivity index (χ0v) is 19.3. The first kappa shape index (κ1) is 23.3. The molecule has 8 heteroatoms. The molecule has 0 aliphatic heterocycles. The van der Waals surface area contributed by atoms with Gasteiger partial charge in [0.2, 0.25) is 10.0 Å². The maximum absolute atomic E-state index is 15.6. The van der Waals surface area contributed by atoms with Crippen LogP contribution in [0.5, 0.6) is 0 Å². The lowest BCUT2D eigenvalue weighted by atomic mass is 9.77. The molecule has 1 aromatic heterocycles. The largest absolute Gasteiger partial charge is 0.316 e. The molecule has 1 N–H and O–H groups in total. The molecule has 0 radical (unpaired) electrons. The molecule has 0 saturated carbocycles. The molecular formula is C25H26F2N2O3S. The summed E-state index contributed by atoms with van der Waals surface area (Å²) in [6, 6.07) is 12.0. The fourth-order valence-electron chi connectivity index (χ4n) is 4.72. The van der Waals surface area contributed by atoms with Crippen molar-refractivity contribution < 1.29 is 17.2 Å². The van der Waals surface area contributed by atoms with Gasteiger partial charge in [0.25, 0.3) is 5.56 Å². The molecule has 1 aliphatic rings. The van der Waals surface area contributed by atoms with Crippen molar-refractivity contribution in [3.8, 4) is 11.1 Å². The maximum atomic E-state index is 15.6. The van der Waals surface area contributed by atoms with Gasteiger partial charge in [0.1, 0.15) is 11.6 Å². The number of hydrogen-bond donors (Lipinski definition) is 1. The van der Waals surface area contributed by atoms with E-state index in [0.717, 1.165) is 11.8 Å². The number of nitrogens with one attached hydrogen (secondary N) is 1. The van der Waals surface area contributed by atoms with Gasteiger partial charge in [0.05, 0.1) is 6.26 Å². The maximum Gasteiger partial charge on any atom is 0.254 e. The van der Waals surface area contributed by atoms with Crippen LogP contribution in [-0.4, -0.2) is 25.3 Å². The van der Waals surface area contributed by atoms with Gasteiger partial charge in [-0.05, 0) is 61.1 Å². The van der Waals surface area contributed by atoms with E-state index in [1.807, 2.05) is 13.0 Å². The first-order valence-corrected chi connectivity index (χ1v) is 12.8. The Labute approximate surface area is 192 Å². The van der Waals surface area contributed by atoms with Crippen molar-refractivity contribution in [3.05, 3.63) is 93.4 Å². The number of rotatable bonds is 6. The van der Waals surface area contributed by atoms with E-state index in [4.69, 9.17) is 0 Å². The monoisotopic (exact) mass is 472 g/mol. The van der Waals surface area contributed by atoms with Crippen molar-refractivity contribution in [1.82, 2.24) is 9.29 Å². The molecular weight excluding hydrogens is 446 g/mol. The van der Waals surface area contributed by atoms with Gasteiger partial charge in [0, 0.05) is 35.8 Å². The number of nitrogens with zero attached hydrogens (tertiary/aromatic N) is 1. The van der Waals surface area contributed by atoms with Crippen LogP contribution in [0.2, 0.25) is 0 Å². The number of sulfonamides is 1. The summed E-state index contributed by atoms with van der Waals surface area (Å²) in [7, 11) is -3.54. The fourth-order valence-corrected chi connectivity index (χ4v) is 5.55. The van der Waals surface area contributed by atoms with Crippen molar-refractivity contribution >= 4 is 10.0 Å². The first-order chi connectivity index (χ1) is 15.7. The molecule has 174 valence electrons. The lowest BCUT2D eigenvalue weighted by Crippen LogP contribution is -2.45. The Morgan fingerprint density at radius 3 is 2.58 bits per heavy atom. The third-order valence-corrected chi connectivity index (χ3v) is 6.97. The summed E-state index contributed by atoms with van der Waals surface area (Å²) in [5.74, 6) is -1.50. The van der Waals surface area contributed by atoms with Gasteiger partial charge in [-0.15, -0.1) is 0 Å². The van der Waals surface area contributed by atoms with Crippen LogP contribution in [0.25, 0.3) is 11.1 Å². The average Bonchev–Trinajstić information content (AvgIpc) is 2.76. The number of halogens is 2. The highest BCUT2D eigenvalue weighted by Gasteiger charge is 2.34. The average molecular weight is 473 g/mol. The van der Waals surface area contributed by atoms with E-state index in [2.05, 4.69) is 4.72 Å². The Balaban J connectivity index is 1.81. The van der Waals surface area contributed by atoms with Crippen molar-refractivity contribution in [2.75, 3.05) is 6.26 Å². The van der Waals surface area contributed by atoms with Crippen molar-refractivity contribution in [3.63, 3.8) is 0 Å². The molecule has 33 heavy (non-hydrogen) atoms. The minimum atomic E-state index is -3.54. The molecule has 0 spiro atoms. The van der Waals surface area contributed by atoms with Gasteiger partial charge in [0.15, 0.2) is 0 Å². The molecule has 5 nitrogen and oxygen atoms in total. The number of fused-ring (bicyclic) bond motifs is 1. The highest BCUT2D eigenvalue weighted by Crippen LogP contribution is 2.35. The second-order valence-electron chi connectivity index (χ2n) is 8.48. The van der Waals surface area contributed by atoms with Crippen LogP contribution in [0.15, 0.2) is 59.5 Å². The summed E-state index contributed by atoms with van der Waals surface area (Å²) in [6.45, 7) is 2.34. The minimum Gasteiger partial charge on any atom is -0.316 e. The third-order valence-electron chi connectivity index (χ3n) is 6.23. The quantitative estimate of drug-likeness (QED) is 0.590. The van der Waals surface area contributed by atoms with E-state index in [0.29, 0.717) is 36.1 Å². The Hall–Kier alpha value is -2.84. The molecule has 3 aromatic rings. The summed E-state index contributed by atoms with van der Waals surface area (Å²) in [4.78, 5) is 13.2. The smallest absolute Gasteiger partial charge is 0.254 e. The molecule has 4 rings (SSSR count). The zero-order valence-electron chi connectivity index (χ0n) is 18.5. The van der Waals surface area contributed by atoms with Crippen molar-refractivity contribution in [2.24, 2.45) is 0 Å². The van der Waals surface area contributed by atoms with E-state index in [1.165, 1.54) is 18.2 Å². The second kappa shape index (κ2) is 9.19. The first-order valence-electron chi connectivity index (χ1n) is 10.9. The van der Waals surface area contributed by atoms with Gasteiger partial charge in [-0.3, -0.25) is 4.79 Å². The molecule has 0 bridgehead atoms. The van der Waals surface area contributed by atoms with Gasteiger partial charge < -0.3 is 4.57 Å². The van der Waals surface area contributed by atoms with Crippen LogP contribution in [0.1, 0.15) is 36.0 Å². The molecule has 1 heterocycles. The lowest BCUT2D eigenvalue weighted by molar-refractivity contribution is 0.419. The molecule has 0 saturated heterocycles.